The van der Waals surface area contributed by atoms with Gasteiger partial charge in [0.05, 0.1) is 27.7 Å². The summed E-state index contributed by atoms with van der Waals surface area (Å²) in [5.74, 6) is 0. The third-order valence-electron chi connectivity index (χ3n) is 2.71. The third-order valence-corrected chi connectivity index (χ3v) is 3.48. The number of halogens is 1. The molecule has 0 radical (unpaired) electrons. The molecule has 1 nitrogen and oxygen atoms in total. The molecule has 2 heteroatoms. The monoisotopic (exact) mass is 326 g/mol. The molecule has 0 heterocycles. The van der Waals surface area contributed by atoms with Crippen molar-refractivity contribution >= 4 is 22.6 Å². The predicted octanol–water partition coefficient (Wildman–Crippen LogP) is 4.25. The molecule has 0 bridgehead atoms. The van der Waals surface area contributed by atoms with Gasteiger partial charge in [-0.3, -0.25) is 0 Å². The van der Waals surface area contributed by atoms with E-state index in [0.717, 1.165) is 4.48 Å². The molecule has 92 valence electrons. The number of alkyl halides is 1. The van der Waals surface area contributed by atoms with E-state index in [2.05, 4.69) is 43.7 Å². The van der Waals surface area contributed by atoms with Crippen molar-refractivity contribution in [3.8, 4) is 0 Å². The van der Waals surface area contributed by atoms with Gasteiger partial charge in [-0.05, 0) is 23.7 Å². The van der Waals surface area contributed by atoms with Gasteiger partial charge in [-0.25, -0.2) is 0 Å². The van der Waals surface area contributed by atoms with Crippen LogP contribution in [0.1, 0.15) is 51.4 Å². The quantitative estimate of drug-likeness (QED) is 0.244. The van der Waals surface area contributed by atoms with Crippen LogP contribution in [-0.4, -0.2) is 36.6 Å². The minimum atomic E-state index is 1.12. The molecule has 0 aromatic rings. The van der Waals surface area contributed by atoms with Crippen molar-refractivity contribution in [2.24, 2.45) is 0 Å². The van der Waals surface area contributed by atoms with Gasteiger partial charge in [-0.15, -0.1) is 0 Å². The molecule has 0 N–H and O–H groups in total. The lowest BCUT2D eigenvalue weighted by Crippen LogP contribution is -2.35. The topological polar surface area (TPSA) is 0 Å². The summed E-state index contributed by atoms with van der Waals surface area (Å²) in [6.45, 7) is 1.33. The summed E-state index contributed by atoms with van der Waals surface area (Å²) in [4.78, 5) is 0. The zero-order valence-corrected chi connectivity index (χ0v) is 13.1. The largest absolute Gasteiger partial charge is 0.331 e. The Balaban J connectivity index is 2.99. The predicted molar refractivity (Wildman–Crippen MR) is 78.7 cm³/mol. The van der Waals surface area contributed by atoms with Crippen molar-refractivity contribution < 1.29 is 4.48 Å². The summed E-state index contributed by atoms with van der Waals surface area (Å²) in [5, 5.41) is 0. The summed E-state index contributed by atoms with van der Waals surface area (Å²) in [5.41, 5.74) is 0. The molecule has 15 heavy (non-hydrogen) atoms. The van der Waals surface area contributed by atoms with E-state index in [-0.39, 0.29) is 0 Å². The molecule has 0 aromatic carbocycles. The maximum atomic E-state index is 2.47. The number of quaternary nitrogens is 1. The van der Waals surface area contributed by atoms with E-state index in [1.54, 1.807) is 0 Å². The van der Waals surface area contributed by atoms with E-state index >= 15 is 0 Å². The summed E-state index contributed by atoms with van der Waals surface area (Å²) in [7, 11) is 6.85. The van der Waals surface area contributed by atoms with Crippen molar-refractivity contribution in [2.45, 2.75) is 51.4 Å². The number of rotatable bonds is 10. The van der Waals surface area contributed by atoms with Crippen LogP contribution in [0.4, 0.5) is 0 Å². The standard InChI is InChI=1S/C13H29IN/c1-15(2,3)13-11-9-7-5-4-6-8-10-12-14/h4-13H2,1-3H3/q+1. The lowest BCUT2D eigenvalue weighted by atomic mass is 10.1. The fourth-order valence-electron chi connectivity index (χ4n) is 1.74. The van der Waals surface area contributed by atoms with E-state index < -0.39 is 0 Å². The van der Waals surface area contributed by atoms with E-state index in [0.29, 0.717) is 0 Å². The molecule has 0 unspecified atom stereocenters. The normalized spacial score (nSPS) is 12.0. The van der Waals surface area contributed by atoms with Crippen molar-refractivity contribution in [1.29, 1.82) is 0 Å². The lowest BCUT2D eigenvalue weighted by Gasteiger charge is -2.23. The van der Waals surface area contributed by atoms with Crippen molar-refractivity contribution in [3.05, 3.63) is 0 Å². The van der Waals surface area contributed by atoms with Crippen molar-refractivity contribution in [2.75, 3.05) is 32.1 Å². The first kappa shape index (κ1) is 15.7. The summed E-state index contributed by atoms with van der Waals surface area (Å²) in [6, 6.07) is 0. The van der Waals surface area contributed by atoms with Gasteiger partial charge in [0.2, 0.25) is 0 Å². The smallest absolute Gasteiger partial charge is 0.0780 e. The zero-order chi connectivity index (χ0) is 11.6. The Morgan fingerprint density at radius 2 is 1.07 bits per heavy atom. The van der Waals surface area contributed by atoms with Crippen LogP contribution < -0.4 is 0 Å². The van der Waals surface area contributed by atoms with Gasteiger partial charge >= 0.3 is 0 Å². The molecular weight excluding hydrogens is 297 g/mol. The van der Waals surface area contributed by atoms with Crippen molar-refractivity contribution in [1.82, 2.24) is 0 Å². The van der Waals surface area contributed by atoms with Crippen LogP contribution in [0.5, 0.6) is 0 Å². The number of hydrogen-bond donors (Lipinski definition) is 0. The molecular formula is C13H29IN+. The first-order valence-corrected chi connectivity index (χ1v) is 7.95. The Bertz CT molecular complexity index is 129. The van der Waals surface area contributed by atoms with Crippen LogP contribution in [0.15, 0.2) is 0 Å². The van der Waals surface area contributed by atoms with Gasteiger partial charge in [-0.2, -0.15) is 0 Å². The highest BCUT2D eigenvalue weighted by Crippen LogP contribution is 2.10. The third kappa shape index (κ3) is 14.7. The van der Waals surface area contributed by atoms with E-state index in [1.807, 2.05) is 0 Å². The van der Waals surface area contributed by atoms with Crippen molar-refractivity contribution in [3.63, 3.8) is 0 Å². The Hall–Kier alpha value is 0.690. The first-order valence-electron chi connectivity index (χ1n) is 6.43. The summed E-state index contributed by atoms with van der Waals surface area (Å²) >= 11 is 2.47. The van der Waals surface area contributed by atoms with Gasteiger partial charge in [0.15, 0.2) is 0 Å². The molecule has 0 saturated carbocycles. The molecule has 0 rings (SSSR count). The molecule has 0 aliphatic rings. The highest BCUT2D eigenvalue weighted by molar-refractivity contribution is 14.1. The SMILES string of the molecule is C[N+](C)(C)CCCCCCCCCCI. The summed E-state index contributed by atoms with van der Waals surface area (Å²) in [6.07, 6.45) is 11.5. The van der Waals surface area contributed by atoms with Gasteiger partial charge in [0.1, 0.15) is 0 Å². The van der Waals surface area contributed by atoms with E-state index in [1.165, 1.54) is 62.3 Å². The average molecular weight is 326 g/mol. The number of hydrogen-bond acceptors (Lipinski definition) is 0. The molecule has 0 aliphatic heterocycles. The number of nitrogens with zero attached hydrogens (tertiary/aromatic N) is 1. The number of unbranched alkanes of at least 4 members (excludes halogenated alkanes) is 7. The van der Waals surface area contributed by atoms with Crippen LogP contribution in [0, 0.1) is 0 Å². The molecule has 0 aromatic heterocycles. The minimum Gasteiger partial charge on any atom is -0.331 e. The van der Waals surface area contributed by atoms with Gasteiger partial charge < -0.3 is 4.48 Å². The molecule has 0 fully saturated rings. The maximum absolute atomic E-state index is 2.47. The molecule has 0 spiro atoms. The molecule has 0 aliphatic carbocycles. The Morgan fingerprint density at radius 1 is 0.667 bits per heavy atom. The zero-order valence-electron chi connectivity index (χ0n) is 10.9. The highest BCUT2D eigenvalue weighted by Gasteiger charge is 2.04. The second kappa shape index (κ2) is 9.88. The van der Waals surface area contributed by atoms with Crippen LogP contribution >= 0.6 is 22.6 Å². The average Bonchev–Trinajstić information content (AvgIpc) is 2.14. The Morgan fingerprint density at radius 3 is 1.47 bits per heavy atom. The van der Waals surface area contributed by atoms with E-state index in [9.17, 15) is 0 Å². The van der Waals surface area contributed by atoms with Crippen LogP contribution in [0.3, 0.4) is 0 Å². The molecule has 0 amide bonds. The van der Waals surface area contributed by atoms with Crippen LogP contribution in [0.2, 0.25) is 0 Å². The highest BCUT2D eigenvalue weighted by atomic mass is 127. The van der Waals surface area contributed by atoms with Crippen LogP contribution in [-0.2, 0) is 0 Å². The molecule has 0 saturated heterocycles. The van der Waals surface area contributed by atoms with Gasteiger partial charge in [-0.1, -0.05) is 54.7 Å². The maximum Gasteiger partial charge on any atom is 0.0780 e. The second-order valence-electron chi connectivity index (χ2n) is 5.53. The minimum absolute atomic E-state index is 1.12. The Labute approximate surface area is 110 Å². The van der Waals surface area contributed by atoms with Gasteiger partial charge in [0.25, 0.3) is 0 Å². The molecule has 0 atom stereocenters. The fraction of sp³-hybridized carbons (Fsp3) is 1.00. The van der Waals surface area contributed by atoms with E-state index in [4.69, 9.17) is 0 Å². The lowest BCUT2D eigenvalue weighted by molar-refractivity contribution is -0.870. The fourth-order valence-corrected chi connectivity index (χ4v) is 2.28. The van der Waals surface area contributed by atoms with Crippen LogP contribution in [0.25, 0.3) is 0 Å². The first-order chi connectivity index (χ1) is 7.06. The summed E-state index contributed by atoms with van der Waals surface area (Å²) < 4.78 is 2.46. The van der Waals surface area contributed by atoms with Gasteiger partial charge in [0, 0.05) is 0 Å². The Kier molecular flexibility index (Phi) is 10.3. The second-order valence-corrected chi connectivity index (χ2v) is 6.61.